The normalized spacial score (nSPS) is 13.3. The van der Waals surface area contributed by atoms with Crippen molar-refractivity contribution in [1.82, 2.24) is 24.6 Å². The summed E-state index contributed by atoms with van der Waals surface area (Å²) in [5, 5.41) is 10.1. The number of aryl methyl sites for hydroxylation is 1. The number of nitrogens with zero attached hydrogens (tertiary/aromatic N) is 4. The lowest BCUT2D eigenvalue weighted by Gasteiger charge is -2.09. The van der Waals surface area contributed by atoms with Crippen LogP contribution in [0.1, 0.15) is 24.4 Å². The first kappa shape index (κ1) is 18.0. The van der Waals surface area contributed by atoms with Crippen LogP contribution < -0.4 is 16.3 Å². The highest BCUT2D eigenvalue weighted by molar-refractivity contribution is 5.89. The van der Waals surface area contributed by atoms with Crippen molar-refractivity contribution >= 4 is 11.7 Å². The maximum absolute atomic E-state index is 12.8. The molecule has 8 nitrogen and oxygen atoms in total. The molecule has 0 radical (unpaired) electrons. The molecule has 2 aromatic heterocycles. The number of carbonyl (C=O) groups excluding carboxylic acids is 1. The van der Waals surface area contributed by atoms with Crippen molar-refractivity contribution in [2.75, 3.05) is 11.9 Å². The molecular formula is C20H22N6O2. The Morgan fingerprint density at radius 2 is 2.04 bits per heavy atom. The van der Waals surface area contributed by atoms with E-state index in [4.69, 9.17) is 0 Å². The number of carbonyl (C=O) groups is 1. The minimum Gasteiger partial charge on any atom is -0.336 e. The number of anilines is 1. The molecule has 3 aromatic rings. The number of amides is 2. The second-order valence-electron chi connectivity index (χ2n) is 6.87. The largest absolute Gasteiger partial charge is 0.346 e. The zero-order valence-corrected chi connectivity index (χ0v) is 15.6. The molecule has 1 aliphatic rings. The molecule has 0 bridgehead atoms. The molecule has 4 rings (SSSR count). The summed E-state index contributed by atoms with van der Waals surface area (Å²) in [6.45, 7) is 2.53. The highest BCUT2D eigenvalue weighted by atomic mass is 16.2. The Morgan fingerprint density at radius 3 is 2.75 bits per heavy atom. The van der Waals surface area contributed by atoms with Crippen molar-refractivity contribution in [3.05, 3.63) is 64.8 Å². The maximum Gasteiger partial charge on any atom is 0.346 e. The fourth-order valence-corrected chi connectivity index (χ4v) is 3.07. The number of pyridine rings is 1. The number of hydrogen-bond donors (Lipinski definition) is 2. The summed E-state index contributed by atoms with van der Waals surface area (Å²) in [4.78, 5) is 29.0. The Morgan fingerprint density at radius 1 is 1.21 bits per heavy atom. The monoisotopic (exact) mass is 378 g/mol. The maximum atomic E-state index is 12.8. The molecule has 2 heterocycles. The lowest BCUT2D eigenvalue weighted by Crippen LogP contribution is -2.34. The van der Waals surface area contributed by atoms with E-state index >= 15 is 0 Å². The molecule has 2 amide bonds. The van der Waals surface area contributed by atoms with Gasteiger partial charge in [-0.1, -0.05) is 18.2 Å². The molecule has 1 aliphatic carbocycles. The molecule has 0 aliphatic heterocycles. The number of nitrogens with one attached hydrogen (secondary N) is 2. The van der Waals surface area contributed by atoms with E-state index in [2.05, 4.69) is 20.7 Å². The lowest BCUT2D eigenvalue weighted by molar-refractivity contribution is 0.251. The Bertz CT molecular complexity index is 1040. The van der Waals surface area contributed by atoms with E-state index in [0.29, 0.717) is 18.9 Å². The van der Waals surface area contributed by atoms with Crippen LogP contribution >= 0.6 is 0 Å². The second kappa shape index (κ2) is 7.67. The molecule has 0 spiro atoms. The van der Waals surface area contributed by atoms with Gasteiger partial charge in [0.05, 0.1) is 6.54 Å². The first-order valence-corrected chi connectivity index (χ1v) is 9.33. The topological polar surface area (TPSA) is 93.8 Å². The molecule has 0 atom stereocenters. The van der Waals surface area contributed by atoms with Gasteiger partial charge in [0.1, 0.15) is 0 Å². The standard InChI is InChI=1S/C20H22N6O2/c1-14-5-2-3-7-17(14)23-19(27)22-11-12-25-20(28)26(16-8-9-16)18(24-25)15-6-4-10-21-13-15/h2-7,10,13,16H,8-9,11-12H2,1H3,(H2,22,23,27). The zero-order chi connectivity index (χ0) is 19.5. The predicted octanol–water partition coefficient (Wildman–Crippen LogP) is 2.57. The zero-order valence-electron chi connectivity index (χ0n) is 15.6. The average molecular weight is 378 g/mol. The highest BCUT2D eigenvalue weighted by Gasteiger charge is 2.30. The van der Waals surface area contributed by atoms with Crippen LogP contribution in [0.4, 0.5) is 10.5 Å². The summed E-state index contributed by atoms with van der Waals surface area (Å²) in [6.07, 6.45) is 5.36. The summed E-state index contributed by atoms with van der Waals surface area (Å²) >= 11 is 0. The van der Waals surface area contributed by atoms with Crippen molar-refractivity contribution < 1.29 is 4.79 Å². The van der Waals surface area contributed by atoms with Crippen LogP contribution in [0.15, 0.2) is 53.6 Å². The first-order chi connectivity index (χ1) is 13.6. The first-order valence-electron chi connectivity index (χ1n) is 9.33. The van der Waals surface area contributed by atoms with Crippen LogP contribution in [-0.4, -0.2) is 31.9 Å². The molecule has 28 heavy (non-hydrogen) atoms. The van der Waals surface area contributed by atoms with E-state index in [1.54, 1.807) is 17.0 Å². The van der Waals surface area contributed by atoms with Crippen molar-refractivity contribution in [2.24, 2.45) is 0 Å². The van der Waals surface area contributed by atoms with E-state index in [-0.39, 0.29) is 17.8 Å². The van der Waals surface area contributed by atoms with E-state index in [1.807, 2.05) is 43.3 Å². The average Bonchev–Trinajstić information content (AvgIpc) is 3.48. The van der Waals surface area contributed by atoms with Crippen LogP contribution in [0.5, 0.6) is 0 Å². The number of aromatic nitrogens is 4. The Hall–Kier alpha value is -3.42. The van der Waals surface area contributed by atoms with Crippen LogP contribution in [0.25, 0.3) is 11.4 Å². The van der Waals surface area contributed by atoms with Gasteiger partial charge in [-0.2, -0.15) is 0 Å². The Balaban J connectivity index is 1.43. The van der Waals surface area contributed by atoms with Crippen LogP contribution in [0.3, 0.4) is 0 Å². The van der Waals surface area contributed by atoms with Gasteiger partial charge in [-0.15, -0.1) is 5.10 Å². The molecule has 1 saturated carbocycles. The third-order valence-electron chi connectivity index (χ3n) is 4.70. The molecule has 2 N–H and O–H groups in total. The third kappa shape index (κ3) is 3.80. The number of rotatable bonds is 6. The van der Waals surface area contributed by atoms with Gasteiger partial charge < -0.3 is 10.6 Å². The van der Waals surface area contributed by atoms with Gasteiger partial charge in [0.15, 0.2) is 5.82 Å². The van der Waals surface area contributed by atoms with Crippen molar-refractivity contribution in [3.63, 3.8) is 0 Å². The summed E-state index contributed by atoms with van der Waals surface area (Å²) in [6, 6.07) is 11.2. The third-order valence-corrected chi connectivity index (χ3v) is 4.70. The van der Waals surface area contributed by atoms with Crippen molar-refractivity contribution in [1.29, 1.82) is 0 Å². The number of hydrogen-bond acceptors (Lipinski definition) is 4. The Labute approximate surface area is 162 Å². The molecular weight excluding hydrogens is 356 g/mol. The highest BCUT2D eigenvalue weighted by Crippen LogP contribution is 2.36. The molecule has 0 saturated heterocycles. The molecule has 1 aromatic carbocycles. The van der Waals surface area contributed by atoms with E-state index < -0.39 is 0 Å². The number of benzene rings is 1. The number of para-hydroxylation sites is 1. The summed E-state index contributed by atoms with van der Waals surface area (Å²) in [5.74, 6) is 0.630. The number of urea groups is 1. The summed E-state index contributed by atoms with van der Waals surface area (Å²) in [7, 11) is 0. The summed E-state index contributed by atoms with van der Waals surface area (Å²) < 4.78 is 3.15. The lowest BCUT2D eigenvalue weighted by atomic mass is 10.2. The fourth-order valence-electron chi connectivity index (χ4n) is 3.07. The van der Waals surface area contributed by atoms with Gasteiger partial charge in [0, 0.05) is 36.2 Å². The van der Waals surface area contributed by atoms with Crippen LogP contribution in [-0.2, 0) is 6.54 Å². The second-order valence-corrected chi connectivity index (χ2v) is 6.87. The smallest absolute Gasteiger partial charge is 0.336 e. The van der Waals surface area contributed by atoms with E-state index in [9.17, 15) is 9.59 Å². The van der Waals surface area contributed by atoms with Gasteiger partial charge in [0.2, 0.25) is 0 Å². The van der Waals surface area contributed by atoms with Gasteiger partial charge in [-0.3, -0.25) is 9.55 Å². The molecule has 1 fully saturated rings. The van der Waals surface area contributed by atoms with Crippen LogP contribution in [0, 0.1) is 6.92 Å². The molecule has 144 valence electrons. The van der Waals surface area contributed by atoms with Crippen LogP contribution in [0.2, 0.25) is 0 Å². The fraction of sp³-hybridized carbons (Fsp3) is 0.300. The van der Waals surface area contributed by atoms with Gasteiger partial charge in [0.25, 0.3) is 0 Å². The van der Waals surface area contributed by atoms with Gasteiger partial charge in [-0.25, -0.2) is 14.3 Å². The van der Waals surface area contributed by atoms with Gasteiger partial charge in [-0.05, 0) is 43.5 Å². The SMILES string of the molecule is Cc1ccccc1NC(=O)NCCn1nc(-c2cccnc2)n(C2CC2)c1=O. The van der Waals surface area contributed by atoms with Crippen molar-refractivity contribution in [3.8, 4) is 11.4 Å². The van der Waals surface area contributed by atoms with E-state index in [0.717, 1.165) is 29.7 Å². The quantitative estimate of drug-likeness (QED) is 0.689. The van der Waals surface area contributed by atoms with Gasteiger partial charge >= 0.3 is 11.7 Å². The van der Waals surface area contributed by atoms with Crippen molar-refractivity contribution in [2.45, 2.75) is 32.4 Å². The minimum atomic E-state index is -0.309. The summed E-state index contributed by atoms with van der Waals surface area (Å²) in [5.41, 5.74) is 2.41. The van der Waals surface area contributed by atoms with E-state index in [1.165, 1.54) is 4.68 Å². The Kier molecular flexibility index (Phi) is 4.92. The molecule has 0 unspecified atom stereocenters. The minimum absolute atomic E-state index is 0.150. The molecule has 8 heteroatoms. The predicted molar refractivity (Wildman–Crippen MR) is 106 cm³/mol.